The van der Waals surface area contributed by atoms with Crippen molar-refractivity contribution in [1.82, 2.24) is 0 Å². The maximum atomic E-state index is 11.4. The Morgan fingerprint density at radius 1 is 1.25 bits per heavy atom. The van der Waals surface area contributed by atoms with Gasteiger partial charge in [-0.1, -0.05) is 13.8 Å². The SMILES string of the molecule is CC1C2C(=O)OC3C2CC1[C@H]3C. The average Bonchev–Trinajstić information content (AvgIpc) is 2.56. The van der Waals surface area contributed by atoms with Gasteiger partial charge in [0.05, 0.1) is 5.92 Å². The van der Waals surface area contributed by atoms with Gasteiger partial charge in [-0.15, -0.1) is 0 Å². The van der Waals surface area contributed by atoms with E-state index >= 15 is 0 Å². The topological polar surface area (TPSA) is 26.3 Å². The molecular formula is C10H14O2. The number of carbonyl (C=O) groups excluding carboxylic acids is 1. The van der Waals surface area contributed by atoms with E-state index in [4.69, 9.17) is 4.74 Å². The number of ether oxygens (including phenoxy) is 1. The highest BCUT2D eigenvalue weighted by Crippen LogP contribution is 2.59. The van der Waals surface area contributed by atoms with Gasteiger partial charge in [0.25, 0.3) is 0 Å². The standard InChI is InChI=1S/C10H14O2/c1-4-6-3-7-8(4)10(11)12-9(7)5(6)2/h4-9H,3H2,1-2H3/t4?,5-,6?,7?,8?,9?/m1/s1. The first kappa shape index (κ1) is 6.93. The van der Waals surface area contributed by atoms with Crippen LogP contribution >= 0.6 is 0 Å². The molecule has 3 rings (SSSR count). The number of rotatable bonds is 0. The molecule has 1 saturated heterocycles. The molecule has 0 aromatic rings. The van der Waals surface area contributed by atoms with Gasteiger partial charge in [0.15, 0.2) is 0 Å². The minimum Gasteiger partial charge on any atom is -0.462 e. The lowest BCUT2D eigenvalue weighted by Crippen LogP contribution is -2.30. The molecule has 6 atom stereocenters. The summed E-state index contributed by atoms with van der Waals surface area (Å²) < 4.78 is 5.38. The molecule has 2 saturated carbocycles. The fourth-order valence-corrected chi connectivity index (χ4v) is 3.79. The third-order valence-corrected chi connectivity index (χ3v) is 4.39. The highest BCUT2D eigenvalue weighted by atomic mass is 16.6. The molecule has 12 heavy (non-hydrogen) atoms. The maximum Gasteiger partial charge on any atom is 0.309 e. The molecule has 1 aliphatic heterocycles. The van der Waals surface area contributed by atoms with Crippen molar-refractivity contribution in [2.24, 2.45) is 29.6 Å². The summed E-state index contributed by atoms with van der Waals surface area (Å²) in [7, 11) is 0. The Morgan fingerprint density at radius 3 is 2.67 bits per heavy atom. The second-order valence-electron chi connectivity index (χ2n) is 4.71. The molecule has 1 heterocycles. The monoisotopic (exact) mass is 166 g/mol. The summed E-state index contributed by atoms with van der Waals surface area (Å²) in [5.41, 5.74) is 0. The minimum atomic E-state index is 0.0874. The molecule has 0 amide bonds. The lowest BCUT2D eigenvalue weighted by molar-refractivity contribution is -0.144. The maximum absolute atomic E-state index is 11.4. The van der Waals surface area contributed by atoms with Gasteiger partial charge in [-0.3, -0.25) is 4.79 Å². The van der Waals surface area contributed by atoms with Crippen LogP contribution in [-0.4, -0.2) is 12.1 Å². The highest BCUT2D eigenvalue weighted by molar-refractivity contribution is 5.77. The van der Waals surface area contributed by atoms with Crippen LogP contribution in [0, 0.1) is 29.6 Å². The van der Waals surface area contributed by atoms with E-state index in [1.54, 1.807) is 0 Å². The lowest BCUT2D eigenvalue weighted by Gasteiger charge is -2.26. The van der Waals surface area contributed by atoms with Crippen molar-refractivity contribution in [1.29, 1.82) is 0 Å². The van der Waals surface area contributed by atoms with Crippen molar-refractivity contribution >= 4 is 5.97 Å². The molecule has 2 heteroatoms. The summed E-state index contributed by atoms with van der Waals surface area (Å²) in [6, 6.07) is 0. The fourth-order valence-electron chi connectivity index (χ4n) is 3.79. The normalized spacial score (nSPS) is 61.0. The summed E-state index contributed by atoms with van der Waals surface area (Å²) in [5, 5.41) is 0. The lowest BCUT2D eigenvalue weighted by atomic mass is 9.76. The van der Waals surface area contributed by atoms with Crippen LogP contribution in [0.4, 0.5) is 0 Å². The highest BCUT2D eigenvalue weighted by Gasteiger charge is 2.63. The third-order valence-electron chi connectivity index (χ3n) is 4.39. The Kier molecular flexibility index (Phi) is 1.07. The minimum absolute atomic E-state index is 0.0874. The van der Waals surface area contributed by atoms with Gasteiger partial charge in [0.2, 0.25) is 0 Å². The van der Waals surface area contributed by atoms with E-state index in [1.807, 2.05) is 0 Å². The van der Waals surface area contributed by atoms with Crippen LogP contribution in [0.3, 0.4) is 0 Å². The van der Waals surface area contributed by atoms with Crippen LogP contribution in [0.15, 0.2) is 0 Å². The van der Waals surface area contributed by atoms with Crippen molar-refractivity contribution < 1.29 is 9.53 Å². The molecule has 3 aliphatic rings. The first-order chi connectivity index (χ1) is 5.70. The van der Waals surface area contributed by atoms with Gasteiger partial charge in [0.1, 0.15) is 6.10 Å². The second-order valence-corrected chi connectivity index (χ2v) is 4.71. The van der Waals surface area contributed by atoms with Crippen LogP contribution in [0.25, 0.3) is 0 Å². The third kappa shape index (κ3) is 0.540. The Hall–Kier alpha value is -0.530. The Morgan fingerprint density at radius 2 is 2.00 bits per heavy atom. The van der Waals surface area contributed by atoms with E-state index in [-0.39, 0.29) is 18.0 Å². The number of fused-ring (bicyclic) bond motifs is 1. The Balaban J connectivity index is 2.06. The van der Waals surface area contributed by atoms with E-state index in [9.17, 15) is 4.79 Å². The number of esters is 1. The van der Waals surface area contributed by atoms with Crippen molar-refractivity contribution in [3.05, 3.63) is 0 Å². The van der Waals surface area contributed by atoms with E-state index in [0.29, 0.717) is 17.8 Å². The fraction of sp³-hybridized carbons (Fsp3) is 0.900. The summed E-state index contributed by atoms with van der Waals surface area (Å²) in [6.07, 6.45) is 1.52. The van der Waals surface area contributed by atoms with Gasteiger partial charge < -0.3 is 4.74 Å². The van der Waals surface area contributed by atoms with Crippen molar-refractivity contribution in [3.8, 4) is 0 Å². The number of carbonyl (C=O) groups is 1. The average molecular weight is 166 g/mol. The molecule has 0 aromatic heterocycles. The quantitative estimate of drug-likeness (QED) is 0.509. The van der Waals surface area contributed by atoms with E-state index < -0.39 is 0 Å². The molecule has 2 bridgehead atoms. The van der Waals surface area contributed by atoms with E-state index in [0.717, 1.165) is 5.92 Å². The van der Waals surface area contributed by atoms with Crippen LogP contribution in [-0.2, 0) is 9.53 Å². The molecule has 0 radical (unpaired) electrons. The van der Waals surface area contributed by atoms with Crippen molar-refractivity contribution in [2.75, 3.05) is 0 Å². The van der Waals surface area contributed by atoms with Crippen LogP contribution in [0.5, 0.6) is 0 Å². The summed E-state index contributed by atoms with van der Waals surface area (Å²) in [4.78, 5) is 11.4. The molecule has 0 N–H and O–H groups in total. The first-order valence-corrected chi connectivity index (χ1v) is 4.90. The molecular weight excluding hydrogens is 152 g/mol. The van der Waals surface area contributed by atoms with E-state index in [1.165, 1.54) is 6.42 Å². The van der Waals surface area contributed by atoms with Crippen molar-refractivity contribution in [3.63, 3.8) is 0 Å². The summed E-state index contributed by atoms with van der Waals surface area (Å²) >= 11 is 0. The van der Waals surface area contributed by atoms with Gasteiger partial charge in [-0.25, -0.2) is 0 Å². The molecule has 0 spiro atoms. The summed E-state index contributed by atoms with van der Waals surface area (Å²) in [6.45, 7) is 4.45. The summed E-state index contributed by atoms with van der Waals surface area (Å²) in [5.74, 6) is 2.88. The molecule has 2 aliphatic carbocycles. The predicted octanol–water partition coefficient (Wildman–Crippen LogP) is 1.45. The van der Waals surface area contributed by atoms with Crippen LogP contribution in [0.1, 0.15) is 20.3 Å². The number of hydrogen-bond donors (Lipinski definition) is 0. The van der Waals surface area contributed by atoms with Gasteiger partial charge in [-0.2, -0.15) is 0 Å². The van der Waals surface area contributed by atoms with Crippen LogP contribution < -0.4 is 0 Å². The zero-order chi connectivity index (χ0) is 8.46. The Labute approximate surface area is 72.3 Å². The zero-order valence-electron chi connectivity index (χ0n) is 7.49. The molecule has 3 fully saturated rings. The molecule has 5 unspecified atom stereocenters. The second kappa shape index (κ2) is 1.86. The smallest absolute Gasteiger partial charge is 0.309 e. The van der Waals surface area contributed by atoms with E-state index in [2.05, 4.69) is 13.8 Å². The largest absolute Gasteiger partial charge is 0.462 e. The zero-order valence-corrected chi connectivity index (χ0v) is 7.49. The van der Waals surface area contributed by atoms with Gasteiger partial charge >= 0.3 is 5.97 Å². The van der Waals surface area contributed by atoms with Crippen molar-refractivity contribution in [2.45, 2.75) is 26.4 Å². The van der Waals surface area contributed by atoms with Crippen LogP contribution in [0.2, 0.25) is 0 Å². The molecule has 66 valence electrons. The predicted molar refractivity (Wildman–Crippen MR) is 43.3 cm³/mol. The van der Waals surface area contributed by atoms with Gasteiger partial charge in [0, 0.05) is 5.92 Å². The molecule has 0 aromatic carbocycles. The Bertz CT molecular complexity index is 248. The number of hydrogen-bond acceptors (Lipinski definition) is 2. The first-order valence-electron chi connectivity index (χ1n) is 4.90. The van der Waals surface area contributed by atoms with Gasteiger partial charge in [-0.05, 0) is 24.2 Å². The molecule has 2 nitrogen and oxygen atoms in total.